The number of nitrogens with zero attached hydrogens (tertiary/aromatic N) is 3. The van der Waals surface area contributed by atoms with E-state index >= 15 is 0 Å². The molecule has 2 aromatic rings. The van der Waals surface area contributed by atoms with Crippen molar-refractivity contribution in [3.05, 3.63) is 53.5 Å². The van der Waals surface area contributed by atoms with E-state index in [1.165, 1.54) is 18.2 Å². The van der Waals surface area contributed by atoms with Crippen molar-refractivity contribution in [3.63, 3.8) is 0 Å². The molecular weight excluding hydrogens is 388 g/mol. The van der Waals surface area contributed by atoms with Gasteiger partial charge in [0, 0.05) is 24.7 Å². The lowest BCUT2D eigenvalue weighted by Gasteiger charge is -2.34. The predicted molar refractivity (Wildman–Crippen MR) is 109 cm³/mol. The SMILES string of the molecule is OC1CCN(c2cncc(C3NNC4CCC(c5c(F)cccc5F)CC43)n2)CC1. The minimum absolute atomic E-state index is 0.0598. The maximum absolute atomic E-state index is 14.4. The first-order valence-electron chi connectivity index (χ1n) is 10.8. The fraction of sp³-hybridized carbons (Fsp3) is 0.545. The number of hydrogen-bond donors (Lipinski definition) is 3. The zero-order chi connectivity index (χ0) is 20.7. The molecule has 8 heteroatoms. The van der Waals surface area contributed by atoms with Crippen molar-refractivity contribution in [2.75, 3.05) is 18.0 Å². The van der Waals surface area contributed by atoms with Gasteiger partial charge in [-0.15, -0.1) is 0 Å². The number of fused-ring (bicyclic) bond motifs is 1. The molecule has 1 aliphatic carbocycles. The Bertz CT molecular complexity index is 885. The van der Waals surface area contributed by atoms with Crippen molar-refractivity contribution in [1.82, 2.24) is 20.8 Å². The highest BCUT2D eigenvalue weighted by Crippen LogP contribution is 2.44. The van der Waals surface area contributed by atoms with Crippen molar-refractivity contribution in [1.29, 1.82) is 0 Å². The van der Waals surface area contributed by atoms with E-state index in [2.05, 4.69) is 20.7 Å². The van der Waals surface area contributed by atoms with Crippen molar-refractivity contribution in [3.8, 4) is 0 Å². The summed E-state index contributed by atoms with van der Waals surface area (Å²) in [5, 5.41) is 9.75. The molecule has 4 unspecified atom stereocenters. The number of piperidine rings is 1. The van der Waals surface area contributed by atoms with Crippen LogP contribution in [0, 0.1) is 17.6 Å². The summed E-state index contributed by atoms with van der Waals surface area (Å²) in [6, 6.07) is 4.30. The third-order valence-corrected chi connectivity index (χ3v) is 6.91. The first-order chi connectivity index (χ1) is 14.6. The van der Waals surface area contributed by atoms with Gasteiger partial charge < -0.3 is 10.0 Å². The molecule has 30 heavy (non-hydrogen) atoms. The summed E-state index contributed by atoms with van der Waals surface area (Å²) in [5.74, 6) is -0.0602. The lowest BCUT2D eigenvalue weighted by molar-refractivity contribution is 0.145. The van der Waals surface area contributed by atoms with Crippen molar-refractivity contribution >= 4 is 5.82 Å². The first-order valence-corrected chi connectivity index (χ1v) is 10.8. The smallest absolute Gasteiger partial charge is 0.147 e. The molecule has 0 radical (unpaired) electrons. The molecule has 0 amide bonds. The summed E-state index contributed by atoms with van der Waals surface area (Å²) in [6.07, 6.45) is 7.06. The zero-order valence-corrected chi connectivity index (χ0v) is 16.8. The molecule has 3 heterocycles. The topological polar surface area (TPSA) is 73.3 Å². The molecule has 0 spiro atoms. The van der Waals surface area contributed by atoms with Gasteiger partial charge >= 0.3 is 0 Å². The van der Waals surface area contributed by atoms with Crippen LogP contribution in [0.5, 0.6) is 0 Å². The Morgan fingerprint density at radius 3 is 2.53 bits per heavy atom. The molecule has 1 saturated carbocycles. The standard InChI is InChI=1S/C22H27F2N5O/c23-16-2-1-3-17(24)21(16)13-4-5-18-15(10-13)22(28-27-18)19-11-25-12-20(26-19)29-8-6-14(30)7-9-29/h1-3,11-15,18,22,27-28,30H,4-10H2. The largest absolute Gasteiger partial charge is 0.393 e. The van der Waals surface area contributed by atoms with Gasteiger partial charge in [0.25, 0.3) is 0 Å². The van der Waals surface area contributed by atoms with Crippen LogP contribution in [0.2, 0.25) is 0 Å². The lowest BCUT2D eigenvalue weighted by atomic mass is 9.73. The second kappa shape index (κ2) is 8.17. The normalized spacial score (nSPS) is 29.8. The Balaban J connectivity index is 1.36. The molecule has 160 valence electrons. The maximum atomic E-state index is 14.4. The van der Waals surface area contributed by atoms with Gasteiger partial charge in [-0.3, -0.25) is 10.4 Å². The molecule has 5 rings (SSSR count). The van der Waals surface area contributed by atoms with Crippen molar-refractivity contribution < 1.29 is 13.9 Å². The Kier molecular flexibility index (Phi) is 5.39. The van der Waals surface area contributed by atoms with E-state index in [0.29, 0.717) is 6.42 Å². The number of halogens is 2. The van der Waals surface area contributed by atoms with Crippen LogP contribution < -0.4 is 15.8 Å². The molecule has 3 fully saturated rings. The number of aliphatic hydroxyl groups is 1. The number of aromatic nitrogens is 2. The van der Waals surface area contributed by atoms with Crippen LogP contribution in [0.4, 0.5) is 14.6 Å². The van der Waals surface area contributed by atoms with Crippen LogP contribution in [0.3, 0.4) is 0 Å². The van der Waals surface area contributed by atoms with Gasteiger partial charge in [0.1, 0.15) is 17.5 Å². The van der Waals surface area contributed by atoms with Crippen LogP contribution in [0.25, 0.3) is 0 Å². The number of anilines is 1. The number of aliphatic hydroxyl groups excluding tert-OH is 1. The molecule has 2 aliphatic heterocycles. The third-order valence-electron chi connectivity index (χ3n) is 6.91. The average Bonchev–Trinajstić information content (AvgIpc) is 3.18. The Hall–Kier alpha value is -2.16. The van der Waals surface area contributed by atoms with E-state index in [9.17, 15) is 13.9 Å². The predicted octanol–water partition coefficient (Wildman–Crippen LogP) is 2.82. The second-order valence-corrected chi connectivity index (χ2v) is 8.70. The lowest BCUT2D eigenvalue weighted by Crippen LogP contribution is -2.36. The third kappa shape index (κ3) is 3.68. The number of rotatable bonds is 3. The zero-order valence-electron chi connectivity index (χ0n) is 16.8. The fourth-order valence-corrected chi connectivity index (χ4v) is 5.28. The summed E-state index contributed by atoms with van der Waals surface area (Å²) < 4.78 is 28.7. The summed E-state index contributed by atoms with van der Waals surface area (Å²) in [4.78, 5) is 11.4. The van der Waals surface area contributed by atoms with Gasteiger partial charge in [-0.1, -0.05) is 6.07 Å². The highest BCUT2D eigenvalue weighted by molar-refractivity contribution is 5.37. The summed E-state index contributed by atoms with van der Waals surface area (Å²) in [6.45, 7) is 1.52. The summed E-state index contributed by atoms with van der Waals surface area (Å²) >= 11 is 0. The number of benzene rings is 1. The Labute approximate surface area is 174 Å². The van der Waals surface area contributed by atoms with E-state index < -0.39 is 11.6 Å². The van der Waals surface area contributed by atoms with Crippen LogP contribution in [0.15, 0.2) is 30.6 Å². The van der Waals surface area contributed by atoms with Crippen LogP contribution in [0.1, 0.15) is 55.3 Å². The highest BCUT2D eigenvalue weighted by atomic mass is 19.1. The van der Waals surface area contributed by atoms with E-state index in [0.717, 1.165) is 50.3 Å². The quantitative estimate of drug-likeness (QED) is 0.716. The van der Waals surface area contributed by atoms with Gasteiger partial charge in [-0.25, -0.2) is 19.2 Å². The molecule has 4 atom stereocenters. The summed E-state index contributed by atoms with van der Waals surface area (Å²) in [5.41, 5.74) is 7.77. The monoisotopic (exact) mass is 415 g/mol. The molecule has 6 nitrogen and oxygen atoms in total. The minimum Gasteiger partial charge on any atom is -0.393 e. The van der Waals surface area contributed by atoms with Crippen LogP contribution >= 0.6 is 0 Å². The molecule has 1 aromatic carbocycles. The van der Waals surface area contributed by atoms with Gasteiger partial charge in [-0.2, -0.15) is 0 Å². The average molecular weight is 415 g/mol. The van der Waals surface area contributed by atoms with Gasteiger partial charge in [0.15, 0.2) is 0 Å². The number of hydrazine groups is 1. The van der Waals surface area contributed by atoms with Crippen LogP contribution in [-0.4, -0.2) is 40.3 Å². The molecular formula is C22H27F2N5O. The number of nitrogens with one attached hydrogen (secondary N) is 2. The molecule has 2 saturated heterocycles. The van der Waals surface area contributed by atoms with Gasteiger partial charge in [-0.05, 0) is 56.1 Å². The Morgan fingerprint density at radius 1 is 1.00 bits per heavy atom. The van der Waals surface area contributed by atoms with Crippen LogP contribution in [-0.2, 0) is 0 Å². The Morgan fingerprint density at radius 2 is 1.77 bits per heavy atom. The van der Waals surface area contributed by atoms with E-state index in [4.69, 9.17) is 4.98 Å². The molecule has 3 aliphatic rings. The first kappa shape index (κ1) is 19.8. The van der Waals surface area contributed by atoms with Crippen molar-refractivity contribution in [2.45, 2.75) is 56.2 Å². The molecule has 1 aromatic heterocycles. The second-order valence-electron chi connectivity index (χ2n) is 8.70. The fourth-order valence-electron chi connectivity index (χ4n) is 5.28. The van der Waals surface area contributed by atoms with Gasteiger partial charge in [0.2, 0.25) is 0 Å². The van der Waals surface area contributed by atoms with E-state index in [1.54, 1.807) is 12.4 Å². The number of hydrogen-bond acceptors (Lipinski definition) is 6. The van der Waals surface area contributed by atoms with E-state index in [-0.39, 0.29) is 35.6 Å². The maximum Gasteiger partial charge on any atom is 0.147 e. The van der Waals surface area contributed by atoms with Gasteiger partial charge in [0.05, 0.1) is 30.2 Å². The van der Waals surface area contributed by atoms with Crippen molar-refractivity contribution in [2.24, 2.45) is 5.92 Å². The minimum atomic E-state index is -0.456. The molecule has 0 bridgehead atoms. The van der Waals surface area contributed by atoms with E-state index in [1.807, 2.05) is 0 Å². The molecule has 3 N–H and O–H groups in total. The highest BCUT2D eigenvalue weighted by Gasteiger charge is 2.43. The summed E-state index contributed by atoms with van der Waals surface area (Å²) in [7, 11) is 0.